The molecule has 0 amide bonds. The van der Waals surface area contributed by atoms with E-state index < -0.39 is 0 Å². The van der Waals surface area contributed by atoms with E-state index in [0.717, 1.165) is 24.4 Å². The highest BCUT2D eigenvalue weighted by Gasteiger charge is 2.23. The number of aliphatic hydroxyl groups is 1. The van der Waals surface area contributed by atoms with E-state index in [1.54, 1.807) is 11.3 Å². The quantitative estimate of drug-likeness (QED) is 0.882. The molecule has 0 bridgehead atoms. The van der Waals surface area contributed by atoms with Gasteiger partial charge >= 0.3 is 0 Å². The smallest absolute Gasteiger partial charge is 0.0900 e. The molecule has 2 rings (SSSR count). The monoisotopic (exact) mass is 268 g/mol. The lowest BCUT2D eigenvalue weighted by molar-refractivity contribution is 0.0683. The molecule has 1 saturated carbocycles. The molecule has 0 aromatic carbocycles. The molecule has 18 heavy (non-hydrogen) atoms. The number of nitrogens with zero attached hydrogens (tertiary/aromatic N) is 1. The van der Waals surface area contributed by atoms with Crippen LogP contribution < -0.4 is 5.32 Å². The van der Waals surface area contributed by atoms with E-state index in [4.69, 9.17) is 0 Å². The Morgan fingerprint density at radius 3 is 2.72 bits per heavy atom. The van der Waals surface area contributed by atoms with Gasteiger partial charge < -0.3 is 10.4 Å². The first-order valence-electron chi connectivity index (χ1n) is 6.93. The number of nitrogens with one attached hydrogen (secondary N) is 1. The summed E-state index contributed by atoms with van der Waals surface area (Å²) in [6, 6.07) is 0.282. The number of hydrogen-bond donors (Lipinski definition) is 2. The van der Waals surface area contributed by atoms with Crippen LogP contribution in [0.15, 0.2) is 0 Å². The van der Waals surface area contributed by atoms with Gasteiger partial charge in [-0.3, -0.25) is 0 Å². The van der Waals surface area contributed by atoms with Crippen molar-refractivity contribution in [1.82, 2.24) is 10.3 Å². The van der Waals surface area contributed by atoms with Gasteiger partial charge in [-0.2, -0.15) is 0 Å². The van der Waals surface area contributed by atoms with Crippen molar-refractivity contribution in [2.24, 2.45) is 5.92 Å². The molecule has 3 unspecified atom stereocenters. The van der Waals surface area contributed by atoms with Crippen LogP contribution in [-0.4, -0.2) is 22.7 Å². The maximum Gasteiger partial charge on any atom is 0.0900 e. The van der Waals surface area contributed by atoms with Crippen LogP contribution in [0.25, 0.3) is 0 Å². The molecule has 0 aliphatic heterocycles. The Hall–Kier alpha value is -0.450. The third-order valence-electron chi connectivity index (χ3n) is 3.90. The zero-order valence-electron chi connectivity index (χ0n) is 11.6. The van der Waals surface area contributed by atoms with E-state index in [1.165, 1.54) is 23.4 Å². The molecule has 1 aliphatic carbocycles. The zero-order valence-corrected chi connectivity index (χ0v) is 12.4. The van der Waals surface area contributed by atoms with Crippen LogP contribution >= 0.6 is 11.3 Å². The SMILES string of the molecule is Cc1nc(C(C)NCC2CCCCC2O)c(C)s1. The number of rotatable bonds is 4. The molecular weight excluding hydrogens is 244 g/mol. The summed E-state index contributed by atoms with van der Waals surface area (Å²) in [4.78, 5) is 5.89. The minimum Gasteiger partial charge on any atom is -0.393 e. The highest BCUT2D eigenvalue weighted by Crippen LogP contribution is 2.26. The first-order chi connectivity index (χ1) is 8.58. The Bertz CT molecular complexity index is 391. The molecule has 102 valence electrons. The second-order valence-corrected chi connectivity index (χ2v) is 6.82. The third-order valence-corrected chi connectivity index (χ3v) is 4.81. The van der Waals surface area contributed by atoms with Crippen molar-refractivity contribution in [3.63, 3.8) is 0 Å². The van der Waals surface area contributed by atoms with Crippen molar-refractivity contribution < 1.29 is 5.11 Å². The number of aryl methyl sites for hydroxylation is 2. The number of aromatic nitrogens is 1. The van der Waals surface area contributed by atoms with Gasteiger partial charge in [0.25, 0.3) is 0 Å². The summed E-state index contributed by atoms with van der Waals surface area (Å²) in [5.74, 6) is 0.418. The van der Waals surface area contributed by atoms with Gasteiger partial charge in [-0.15, -0.1) is 11.3 Å². The maximum absolute atomic E-state index is 9.96. The van der Waals surface area contributed by atoms with Crippen LogP contribution in [0.4, 0.5) is 0 Å². The molecule has 1 aromatic rings. The minimum atomic E-state index is -0.114. The Balaban J connectivity index is 1.87. The molecule has 4 heteroatoms. The van der Waals surface area contributed by atoms with Gasteiger partial charge in [0.1, 0.15) is 0 Å². The topological polar surface area (TPSA) is 45.2 Å². The summed E-state index contributed by atoms with van der Waals surface area (Å²) in [6.45, 7) is 7.25. The molecule has 3 atom stereocenters. The molecule has 1 fully saturated rings. The summed E-state index contributed by atoms with van der Waals surface area (Å²) >= 11 is 1.76. The van der Waals surface area contributed by atoms with Crippen LogP contribution in [0.5, 0.6) is 0 Å². The standard InChI is InChI=1S/C14H24N2OS/c1-9(14-10(2)18-11(3)16-14)15-8-12-6-4-5-7-13(12)17/h9,12-13,15,17H,4-8H2,1-3H3. The number of hydrogen-bond acceptors (Lipinski definition) is 4. The van der Waals surface area contributed by atoms with Crippen LogP contribution in [0.1, 0.15) is 54.2 Å². The summed E-state index contributed by atoms with van der Waals surface area (Å²) in [5, 5.41) is 14.6. The molecule has 1 aromatic heterocycles. The Kier molecular flexibility index (Phi) is 4.76. The zero-order chi connectivity index (χ0) is 13.1. The summed E-state index contributed by atoms with van der Waals surface area (Å²) in [7, 11) is 0. The minimum absolute atomic E-state index is 0.114. The van der Waals surface area contributed by atoms with Crippen molar-refractivity contribution in [2.45, 2.75) is 58.6 Å². The van der Waals surface area contributed by atoms with Crippen molar-refractivity contribution >= 4 is 11.3 Å². The van der Waals surface area contributed by atoms with E-state index >= 15 is 0 Å². The van der Waals surface area contributed by atoms with Crippen molar-refractivity contribution in [3.05, 3.63) is 15.6 Å². The number of aliphatic hydroxyl groups excluding tert-OH is 1. The first-order valence-corrected chi connectivity index (χ1v) is 7.75. The van der Waals surface area contributed by atoms with Gasteiger partial charge in [0.2, 0.25) is 0 Å². The average molecular weight is 268 g/mol. The van der Waals surface area contributed by atoms with E-state index in [0.29, 0.717) is 5.92 Å². The fourth-order valence-corrected chi connectivity index (χ4v) is 3.71. The van der Waals surface area contributed by atoms with E-state index in [2.05, 4.69) is 31.1 Å². The lowest BCUT2D eigenvalue weighted by Crippen LogP contribution is -2.35. The lowest BCUT2D eigenvalue weighted by atomic mass is 9.86. The fourth-order valence-electron chi connectivity index (χ4n) is 2.80. The van der Waals surface area contributed by atoms with Gasteiger partial charge in [-0.1, -0.05) is 12.8 Å². The average Bonchev–Trinajstić information content (AvgIpc) is 2.67. The van der Waals surface area contributed by atoms with E-state index in [9.17, 15) is 5.11 Å². The molecule has 0 radical (unpaired) electrons. The third kappa shape index (κ3) is 3.31. The van der Waals surface area contributed by atoms with Gasteiger partial charge in [0.05, 0.1) is 16.8 Å². The normalized spacial score (nSPS) is 26.2. The molecule has 3 nitrogen and oxygen atoms in total. The van der Waals surface area contributed by atoms with Gasteiger partial charge in [0.15, 0.2) is 0 Å². The molecule has 1 aliphatic rings. The summed E-state index contributed by atoms with van der Waals surface area (Å²) < 4.78 is 0. The Morgan fingerprint density at radius 2 is 2.11 bits per heavy atom. The molecule has 0 spiro atoms. The highest BCUT2D eigenvalue weighted by molar-refractivity contribution is 7.11. The van der Waals surface area contributed by atoms with Crippen molar-refractivity contribution in [3.8, 4) is 0 Å². The predicted molar refractivity (Wildman–Crippen MR) is 76.0 cm³/mol. The van der Waals surface area contributed by atoms with Gasteiger partial charge in [-0.25, -0.2) is 4.98 Å². The molecule has 1 heterocycles. The largest absolute Gasteiger partial charge is 0.393 e. The maximum atomic E-state index is 9.96. The fraction of sp³-hybridized carbons (Fsp3) is 0.786. The molecule has 0 saturated heterocycles. The van der Waals surface area contributed by atoms with Crippen LogP contribution in [0.3, 0.4) is 0 Å². The Labute approximate surface area is 114 Å². The van der Waals surface area contributed by atoms with E-state index in [-0.39, 0.29) is 12.1 Å². The summed E-state index contributed by atoms with van der Waals surface area (Å²) in [6.07, 6.45) is 4.44. The van der Waals surface area contributed by atoms with E-state index in [1.807, 2.05) is 0 Å². The predicted octanol–water partition coefficient (Wildman–Crippen LogP) is 2.96. The van der Waals surface area contributed by atoms with Crippen LogP contribution in [0.2, 0.25) is 0 Å². The van der Waals surface area contributed by atoms with Crippen LogP contribution in [0, 0.1) is 19.8 Å². The van der Waals surface area contributed by atoms with Gasteiger partial charge in [0, 0.05) is 17.5 Å². The lowest BCUT2D eigenvalue weighted by Gasteiger charge is -2.28. The molecular formula is C14H24N2OS. The van der Waals surface area contributed by atoms with Crippen LogP contribution in [-0.2, 0) is 0 Å². The first kappa shape index (κ1) is 14.0. The number of thiazole rings is 1. The summed E-state index contributed by atoms with van der Waals surface area (Å²) in [5.41, 5.74) is 1.17. The molecule has 2 N–H and O–H groups in total. The highest BCUT2D eigenvalue weighted by atomic mass is 32.1. The second-order valence-electron chi connectivity index (χ2n) is 5.42. The van der Waals surface area contributed by atoms with Crippen molar-refractivity contribution in [2.75, 3.05) is 6.54 Å². The van der Waals surface area contributed by atoms with Gasteiger partial charge in [-0.05, 0) is 39.5 Å². The Morgan fingerprint density at radius 1 is 1.39 bits per heavy atom. The second kappa shape index (κ2) is 6.13. The van der Waals surface area contributed by atoms with Crippen molar-refractivity contribution in [1.29, 1.82) is 0 Å².